The Morgan fingerprint density at radius 1 is 0.958 bits per heavy atom. The molecule has 0 aromatic heterocycles. The van der Waals surface area contributed by atoms with Crippen LogP contribution in [0.5, 0.6) is 0 Å². The van der Waals surface area contributed by atoms with E-state index in [0.717, 1.165) is 0 Å². The van der Waals surface area contributed by atoms with E-state index >= 15 is 0 Å². The first-order valence-corrected chi connectivity index (χ1v) is 8.30. The third kappa shape index (κ3) is 7.62. The monoisotopic (exact) mass is 359 g/mol. The van der Waals surface area contributed by atoms with Gasteiger partial charge in [0.05, 0.1) is 25.4 Å². The number of alkyl halides is 3. The van der Waals surface area contributed by atoms with Gasteiger partial charge >= 0.3 is 6.18 Å². The van der Waals surface area contributed by atoms with E-state index in [-0.39, 0.29) is 19.6 Å². The van der Waals surface area contributed by atoms with E-state index in [1.807, 2.05) is 0 Å². The normalized spacial score (nSPS) is 29.1. The van der Waals surface area contributed by atoms with E-state index in [2.05, 4.69) is 0 Å². The number of nitrogens with zero attached hydrogens (tertiary/aromatic N) is 1. The Morgan fingerprint density at radius 2 is 1.62 bits per heavy atom. The molecule has 9 heteroatoms. The number of halogens is 3. The van der Waals surface area contributed by atoms with Gasteiger partial charge in [-0.15, -0.1) is 0 Å². The maximum atomic E-state index is 11.9. The number of likely N-dealkylation sites (tertiary alicyclic amines) is 1. The van der Waals surface area contributed by atoms with Crippen molar-refractivity contribution in [3.05, 3.63) is 0 Å². The summed E-state index contributed by atoms with van der Waals surface area (Å²) in [7, 11) is 0. The third-order valence-corrected chi connectivity index (χ3v) is 4.24. The largest absolute Gasteiger partial charge is 0.395 e. The van der Waals surface area contributed by atoms with Crippen molar-refractivity contribution in [1.82, 2.24) is 4.90 Å². The van der Waals surface area contributed by atoms with Gasteiger partial charge in [-0.1, -0.05) is 12.8 Å². The summed E-state index contributed by atoms with van der Waals surface area (Å²) in [6, 6.07) is -0.658. The first-order valence-electron chi connectivity index (χ1n) is 8.30. The second-order valence-electron chi connectivity index (χ2n) is 6.19. The highest BCUT2D eigenvalue weighted by molar-refractivity contribution is 4.93. The van der Waals surface area contributed by atoms with Gasteiger partial charge in [0, 0.05) is 26.1 Å². The molecule has 1 aliphatic heterocycles. The summed E-state index contributed by atoms with van der Waals surface area (Å²) >= 11 is 0. The van der Waals surface area contributed by atoms with Gasteiger partial charge in [0.2, 0.25) is 0 Å². The van der Waals surface area contributed by atoms with E-state index in [9.17, 15) is 33.6 Å². The Morgan fingerprint density at radius 3 is 2.25 bits per heavy atom. The van der Waals surface area contributed by atoms with Crippen LogP contribution >= 0.6 is 0 Å². The number of ether oxygens (including phenoxy) is 1. The number of β-amino-alcohol motifs (C(OH)–C–C–N with tert-alkyl or cyclic N) is 1. The molecule has 1 aliphatic rings. The van der Waals surface area contributed by atoms with Crippen LogP contribution in [0.3, 0.4) is 0 Å². The topological polar surface area (TPSA) is 93.4 Å². The summed E-state index contributed by atoms with van der Waals surface area (Å²) < 4.78 is 41.3. The second kappa shape index (κ2) is 10.5. The van der Waals surface area contributed by atoms with Gasteiger partial charge in [-0.2, -0.15) is 13.2 Å². The van der Waals surface area contributed by atoms with E-state index < -0.39 is 37.0 Å². The highest BCUT2D eigenvalue weighted by atomic mass is 19.4. The molecule has 0 radical (unpaired) electrons. The van der Waals surface area contributed by atoms with Crippen molar-refractivity contribution in [2.75, 3.05) is 32.9 Å². The molecule has 1 heterocycles. The summed E-state index contributed by atoms with van der Waals surface area (Å²) in [5.41, 5.74) is 0. The number of hydrogen-bond donors (Lipinski definition) is 4. The van der Waals surface area contributed by atoms with E-state index in [1.165, 1.54) is 0 Å². The number of aliphatic hydroxyl groups excluding tert-OH is 4. The molecule has 4 N–H and O–H groups in total. The summed E-state index contributed by atoms with van der Waals surface area (Å²) in [6.07, 6.45) is -6.45. The number of aliphatic hydroxyl groups is 4. The lowest BCUT2D eigenvalue weighted by Crippen LogP contribution is -2.62. The van der Waals surface area contributed by atoms with Gasteiger partial charge < -0.3 is 25.2 Å². The molecule has 1 saturated heterocycles. The number of rotatable bonds is 10. The number of piperidine rings is 1. The minimum Gasteiger partial charge on any atom is -0.395 e. The minimum atomic E-state index is -4.09. The van der Waals surface area contributed by atoms with Crippen molar-refractivity contribution in [2.45, 2.75) is 62.6 Å². The summed E-state index contributed by atoms with van der Waals surface area (Å²) in [4.78, 5) is 1.66. The minimum absolute atomic E-state index is 0.129. The smallest absolute Gasteiger partial charge is 0.389 e. The SMILES string of the molecule is OCC1[C@@H](O)[C@H](O)[C@@H](O)CN1CCOCCCCCCC(F)(F)F. The maximum Gasteiger partial charge on any atom is 0.389 e. The van der Waals surface area contributed by atoms with Crippen molar-refractivity contribution < 1.29 is 38.3 Å². The molecular weight excluding hydrogens is 331 g/mol. The number of hydrogen-bond acceptors (Lipinski definition) is 6. The first kappa shape index (κ1) is 21.6. The van der Waals surface area contributed by atoms with E-state index in [4.69, 9.17) is 4.74 Å². The zero-order chi connectivity index (χ0) is 18.2. The van der Waals surface area contributed by atoms with Gasteiger partial charge in [0.1, 0.15) is 12.2 Å². The molecule has 6 nitrogen and oxygen atoms in total. The van der Waals surface area contributed by atoms with Gasteiger partial charge in [0.15, 0.2) is 0 Å². The van der Waals surface area contributed by atoms with E-state index in [1.54, 1.807) is 4.90 Å². The summed E-state index contributed by atoms with van der Waals surface area (Å²) in [5.74, 6) is 0. The van der Waals surface area contributed by atoms with Crippen molar-refractivity contribution >= 4 is 0 Å². The Bertz CT molecular complexity index is 346. The average Bonchev–Trinajstić information content (AvgIpc) is 2.50. The van der Waals surface area contributed by atoms with E-state index in [0.29, 0.717) is 39.0 Å². The quantitative estimate of drug-likeness (QED) is 0.419. The van der Waals surface area contributed by atoms with Crippen LogP contribution in [-0.4, -0.2) is 88.8 Å². The maximum absolute atomic E-state index is 11.9. The van der Waals surface area contributed by atoms with Gasteiger partial charge in [-0.3, -0.25) is 4.90 Å². The summed E-state index contributed by atoms with van der Waals surface area (Å²) in [6.45, 7) is 0.903. The van der Waals surface area contributed by atoms with Crippen LogP contribution in [0.15, 0.2) is 0 Å². The molecule has 1 unspecified atom stereocenters. The second-order valence-corrected chi connectivity index (χ2v) is 6.19. The highest BCUT2D eigenvalue weighted by Crippen LogP contribution is 2.23. The highest BCUT2D eigenvalue weighted by Gasteiger charge is 2.40. The Kier molecular flexibility index (Phi) is 9.47. The average molecular weight is 359 g/mol. The number of unbranched alkanes of at least 4 members (excludes halogenated alkanes) is 3. The fraction of sp³-hybridized carbons (Fsp3) is 1.00. The molecule has 0 amide bonds. The lowest BCUT2D eigenvalue weighted by molar-refractivity contribution is -0.147. The van der Waals surface area contributed by atoms with Gasteiger partial charge in [0.25, 0.3) is 0 Å². The molecule has 0 spiro atoms. The Balaban J connectivity index is 2.10. The predicted octanol–water partition coefficient (Wildman–Crippen LogP) is 0.275. The molecule has 0 aliphatic carbocycles. The molecule has 24 heavy (non-hydrogen) atoms. The molecule has 0 aromatic rings. The molecule has 0 aromatic carbocycles. The zero-order valence-corrected chi connectivity index (χ0v) is 13.7. The van der Waals surface area contributed by atoms with Crippen molar-refractivity contribution in [2.24, 2.45) is 0 Å². The zero-order valence-electron chi connectivity index (χ0n) is 13.7. The first-order chi connectivity index (χ1) is 11.3. The van der Waals surface area contributed by atoms with Crippen LogP contribution in [0.2, 0.25) is 0 Å². The lowest BCUT2D eigenvalue weighted by atomic mass is 9.94. The predicted molar refractivity (Wildman–Crippen MR) is 80.4 cm³/mol. The van der Waals surface area contributed by atoms with Gasteiger partial charge in [-0.05, 0) is 12.8 Å². The fourth-order valence-corrected chi connectivity index (χ4v) is 2.80. The van der Waals surface area contributed by atoms with Crippen LogP contribution in [0.1, 0.15) is 32.1 Å². The Labute approximate surface area is 139 Å². The molecule has 1 rings (SSSR count). The standard InChI is InChI=1S/C15H28F3NO5/c16-15(17,18)5-3-1-2-4-7-24-8-6-19-9-12(21)14(23)13(22)11(19)10-20/h11-14,20-23H,1-10H2/t11?,12-,13+,14+/m0/s1. The molecule has 0 bridgehead atoms. The molecular formula is C15H28F3NO5. The van der Waals surface area contributed by atoms with Crippen molar-refractivity contribution in [3.8, 4) is 0 Å². The molecule has 1 fully saturated rings. The molecule has 4 atom stereocenters. The Hall–Kier alpha value is -0.450. The molecule has 144 valence electrons. The van der Waals surface area contributed by atoms with Crippen LogP contribution in [0.4, 0.5) is 13.2 Å². The fourth-order valence-electron chi connectivity index (χ4n) is 2.80. The van der Waals surface area contributed by atoms with Crippen LogP contribution in [0, 0.1) is 0 Å². The lowest BCUT2D eigenvalue weighted by Gasteiger charge is -2.43. The third-order valence-electron chi connectivity index (χ3n) is 4.24. The molecule has 0 saturated carbocycles. The van der Waals surface area contributed by atoms with Crippen LogP contribution in [-0.2, 0) is 4.74 Å². The van der Waals surface area contributed by atoms with Crippen molar-refractivity contribution in [3.63, 3.8) is 0 Å². The van der Waals surface area contributed by atoms with Crippen molar-refractivity contribution in [1.29, 1.82) is 0 Å². The summed E-state index contributed by atoms with van der Waals surface area (Å²) in [5, 5.41) is 38.4. The van der Waals surface area contributed by atoms with Crippen LogP contribution in [0.25, 0.3) is 0 Å². The van der Waals surface area contributed by atoms with Gasteiger partial charge in [-0.25, -0.2) is 0 Å². The van der Waals surface area contributed by atoms with Crippen LogP contribution < -0.4 is 0 Å².